The molecule has 0 aromatic heterocycles. The van der Waals surface area contributed by atoms with Crippen LogP contribution in [-0.2, 0) is 5.11 Å². The van der Waals surface area contributed by atoms with Crippen molar-refractivity contribution in [3.63, 3.8) is 0 Å². The van der Waals surface area contributed by atoms with Gasteiger partial charge in [-0.1, -0.05) is 19.8 Å². The standard InChI is InChI=1S/C12H15O4/c1-2-3-4-9-15-10-5-7-11(8-6-10)16-12(13)14/h5-8H,2-4,9H2,1H3. The molecule has 1 aromatic rings. The summed E-state index contributed by atoms with van der Waals surface area (Å²) in [6.45, 7) is 2.81. The fourth-order valence-corrected chi connectivity index (χ4v) is 1.24. The molecule has 87 valence electrons. The molecule has 0 bridgehead atoms. The molecule has 0 aliphatic heterocycles. The van der Waals surface area contributed by atoms with Crippen molar-refractivity contribution < 1.29 is 19.4 Å². The van der Waals surface area contributed by atoms with Crippen molar-refractivity contribution in [1.82, 2.24) is 0 Å². The topological polar surface area (TPSA) is 55.4 Å². The van der Waals surface area contributed by atoms with Gasteiger partial charge in [0.15, 0.2) is 0 Å². The van der Waals surface area contributed by atoms with E-state index in [2.05, 4.69) is 11.7 Å². The Labute approximate surface area is 94.8 Å². The molecule has 1 aromatic carbocycles. The monoisotopic (exact) mass is 223 g/mol. The summed E-state index contributed by atoms with van der Waals surface area (Å²) in [5.74, 6) is 0.947. The first-order valence-electron chi connectivity index (χ1n) is 5.34. The van der Waals surface area contributed by atoms with Gasteiger partial charge < -0.3 is 9.47 Å². The Morgan fingerprint density at radius 3 is 2.31 bits per heavy atom. The molecule has 0 fully saturated rings. The Morgan fingerprint density at radius 2 is 1.75 bits per heavy atom. The fraction of sp³-hybridized carbons (Fsp3) is 0.417. The SMILES string of the molecule is CCCCCOc1ccc(OC([O])=O)cc1. The van der Waals surface area contributed by atoms with Gasteiger partial charge >= 0.3 is 6.16 Å². The predicted octanol–water partition coefficient (Wildman–Crippen LogP) is 3.18. The van der Waals surface area contributed by atoms with Gasteiger partial charge in [0.05, 0.1) is 6.61 Å². The normalized spacial score (nSPS) is 9.81. The number of ether oxygens (including phenoxy) is 2. The molecular formula is C12H15O4. The van der Waals surface area contributed by atoms with Crippen molar-refractivity contribution in [1.29, 1.82) is 0 Å². The summed E-state index contributed by atoms with van der Waals surface area (Å²) in [5.41, 5.74) is 0. The van der Waals surface area contributed by atoms with Crippen LogP contribution in [0.4, 0.5) is 4.79 Å². The molecule has 0 aliphatic rings. The summed E-state index contributed by atoms with van der Waals surface area (Å²) in [4.78, 5) is 10.1. The smallest absolute Gasteiger partial charge is 0.494 e. The molecule has 0 N–H and O–H groups in total. The molecule has 0 amide bonds. The number of carbonyl (C=O) groups is 1. The zero-order valence-corrected chi connectivity index (χ0v) is 9.27. The van der Waals surface area contributed by atoms with Crippen molar-refractivity contribution in [2.75, 3.05) is 6.61 Å². The first-order valence-corrected chi connectivity index (χ1v) is 5.34. The molecule has 4 heteroatoms. The lowest BCUT2D eigenvalue weighted by Crippen LogP contribution is -2.01. The van der Waals surface area contributed by atoms with Crippen molar-refractivity contribution >= 4 is 6.16 Å². The zero-order chi connectivity index (χ0) is 11.8. The second kappa shape index (κ2) is 6.71. The third-order valence-corrected chi connectivity index (χ3v) is 2.04. The highest BCUT2D eigenvalue weighted by molar-refractivity contribution is 5.60. The van der Waals surface area contributed by atoms with Crippen LogP contribution in [0.3, 0.4) is 0 Å². The highest BCUT2D eigenvalue weighted by atomic mass is 16.7. The third-order valence-electron chi connectivity index (χ3n) is 2.04. The van der Waals surface area contributed by atoms with E-state index in [-0.39, 0.29) is 5.75 Å². The lowest BCUT2D eigenvalue weighted by atomic mass is 10.3. The molecule has 1 rings (SSSR count). The summed E-state index contributed by atoms with van der Waals surface area (Å²) in [6, 6.07) is 6.41. The van der Waals surface area contributed by atoms with E-state index in [4.69, 9.17) is 4.74 Å². The molecule has 4 nitrogen and oxygen atoms in total. The Kier molecular flexibility index (Phi) is 5.19. The van der Waals surface area contributed by atoms with Crippen molar-refractivity contribution in [3.8, 4) is 11.5 Å². The lowest BCUT2D eigenvalue weighted by Gasteiger charge is -2.05. The van der Waals surface area contributed by atoms with Crippen LogP contribution < -0.4 is 9.47 Å². The molecule has 0 spiro atoms. The van der Waals surface area contributed by atoms with E-state index in [0.29, 0.717) is 12.4 Å². The molecule has 0 unspecified atom stereocenters. The first-order chi connectivity index (χ1) is 7.72. The number of unbranched alkanes of at least 4 members (excludes halogenated alkanes) is 2. The highest BCUT2D eigenvalue weighted by Crippen LogP contribution is 2.17. The van der Waals surface area contributed by atoms with Crippen LogP contribution in [0.1, 0.15) is 26.2 Å². The van der Waals surface area contributed by atoms with Gasteiger partial charge in [-0.15, -0.1) is 0 Å². The number of hydrogen-bond acceptors (Lipinski definition) is 3. The summed E-state index contributed by atoms with van der Waals surface area (Å²) in [6.07, 6.45) is 1.76. The molecule has 0 saturated carbocycles. The van der Waals surface area contributed by atoms with Gasteiger partial charge in [-0.2, -0.15) is 9.90 Å². The largest absolute Gasteiger partial charge is 0.555 e. The van der Waals surface area contributed by atoms with Gasteiger partial charge in [0, 0.05) is 0 Å². The number of rotatable bonds is 6. The Bertz CT molecular complexity index is 318. The van der Waals surface area contributed by atoms with Gasteiger partial charge in [-0.3, -0.25) is 0 Å². The summed E-state index contributed by atoms with van der Waals surface area (Å²) in [5, 5.41) is 10.1. The van der Waals surface area contributed by atoms with E-state index in [1.165, 1.54) is 12.1 Å². The maximum absolute atomic E-state index is 10.1. The van der Waals surface area contributed by atoms with E-state index < -0.39 is 6.16 Å². The Balaban J connectivity index is 2.36. The maximum Gasteiger partial charge on any atom is 0.555 e. The number of benzene rings is 1. The first kappa shape index (κ1) is 12.4. The van der Waals surface area contributed by atoms with Crippen LogP contribution in [0, 0.1) is 0 Å². The second-order valence-electron chi connectivity index (χ2n) is 3.38. The van der Waals surface area contributed by atoms with E-state index in [9.17, 15) is 9.90 Å². The number of carbonyl (C=O) groups excluding carboxylic acids is 1. The average molecular weight is 223 g/mol. The summed E-state index contributed by atoms with van der Waals surface area (Å²) >= 11 is 0. The lowest BCUT2D eigenvalue weighted by molar-refractivity contribution is 0.117. The molecule has 1 radical (unpaired) electrons. The Morgan fingerprint density at radius 1 is 1.12 bits per heavy atom. The fourth-order valence-electron chi connectivity index (χ4n) is 1.24. The third kappa shape index (κ3) is 4.68. The van der Waals surface area contributed by atoms with Gasteiger partial charge in [-0.25, -0.2) is 0 Å². The minimum absolute atomic E-state index is 0.237. The maximum atomic E-state index is 10.1. The van der Waals surface area contributed by atoms with E-state index in [0.717, 1.165) is 19.3 Å². The van der Waals surface area contributed by atoms with Crippen LogP contribution in [-0.4, -0.2) is 12.8 Å². The quantitative estimate of drug-likeness (QED) is 0.422. The van der Waals surface area contributed by atoms with Crippen molar-refractivity contribution in [2.24, 2.45) is 0 Å². The van der Waals surface area contributed by atoms with Gasteiger partial charge in [0.1, 0.15) is 11.5 Å². The van der Waals surface area contributed by atoms with Gasteiger partial charge in [0.2, 0.25) is 0 Å². The van der Waals surface area contributed by atoms with Crippen molar-refractivity contribution in [3.05, 3.63) is 24.3 Å². The van der Waals surface area contributed by atoms with E-state index in [1.807, 2.05) is 0 Å². The van der Waals surface area contributed by atoms with E-state index >= 15 is 0 Å². The zero-order valence-electron chi connectivity index (χ0n) is 9.27. The molecular weight excluding hydrogens is 208 g/mol. The van der Waals surface area contributed by atoms with Crippen molar-refractivity contribution in [2.45, 2.75) is 26.2 Å². The number of hydrogen-bond donors (Lipinski definition) is 0. The van der Waals surface area contributed by atoms with Crippen LogP contribution in [0.15, 0.2) is 24.3 Å². The average Bonchev–Trinajstić information content (AvgIpc) is 2.26. The Hall–Kier alpha value is -1.71. The van der Waals surface area contributed by atoms with Gasteiger partial charge in [0.25, 0.3) is 0 Å². The summed E-state index contributed by atoms with van der Waals surface area (Å²) in [7, 11) is 0. The highest BCUT2D eigenvalue weighted by Gasteiger charge is 2.02. The molecule has 0 aliphatic carbocycles. The molecule has 0 heterocycles. The second-order valence-corrected chi connectivity index (χ2v) is 3.38. The van der Waals surface area contributed by atoms with E-state index in [1.54, 1.807) is 12.1 Å². The van der Waals surface area contributed by atoms with Gasteiger partial charge in [-0.05, 0) is 30.7 Å². The minimum atomic E-state index is -1.56. The van der Waals surface area contributed by atoms with Crippen LogP contribution in [0.5, 0.6) is 11.5 Å². The summed E-state index contributed by atoms with van der Waals surface area (Å²) < 4.78 is 9.81. The molecule has 0 atom stereocenters. The molecule has 0 saturated heterocycles. The van der Waals surface area contributed by atoms with Crippen LogP contribution in [0.2, 0.25) is 0 Å². The molecule has 16 heavy (non-hydrogen) atoms. The van der Waals surface area contributed by atoms with Crippen LogP contribution >= 0.6 is 0 Å². The minimum Gasteiger partial charge on any atom is -0.494 e. The predicted molar refractivity (Wildman–Crippen MR) is 58.2 cm³/mol. The van der Waals surface area contributed by atoms with Crippen LogP contribution in [0.25, 0.3) is 0 Å².